The number of carbonyl (C=O) groups is 1. The minimum absolute atomic E-state index is 0.0666. The number of hydrogen-bond donors (Lipinski definition) is 0. The van der Waals surface area contributed by atoms with Crippen molar-refractivity contribution in [1.82, 2.24) is 4.90 Å². The number of nitrogens with zero attached hydrogens (tertiary/aromatic N) is 1. The maximum absolute atomic E-state index is 14.0. The summed E-state index contributed by atoms with van der Waals surface area (Å²) in [6.45, 7) is 25.7. The number of likely N-dealkylation sites (tertiary alicyclic amines) is 1. The van der Waals surface area contributed by atoms with Gasteiger partial charge in [0.05, 0.1) is 0 Å². The number of benzene rings is 1. The molecule has 0 spiro atoms. The summed E-state index contributed by atoms with van der Waals surface area (Å²) in [5, 5.41) is -0.170. The van der Waals surface area contributed by atoms with E-state index in [1.807, 2.05) is 44.2 Å². The number of methoxy groups -OCH3 is 1. The van der Waals surface area contributed by atoms with Crippen LogP contribution in [-0.4, -0.2) is 71.3 Å². The highest BCUT2D eigenvalue weighted by Crippen LogP contribution is 2.47. The molecule has 0 saturated carbocycles. The third-order valence-electron chi connectivity index (χ3n) is 8.71. The molecule has 2 fully saturated rings. The van der Waals surface area contributed by atoms with Crippen LogP contribution in [0.4, 0.5) is 4.79 Å². The van der Waals surface area contributed by atoms with Crippen LogP contribution in [0.25, 0.3) is 0 Å². The Morgan fingerprint density at radius 1 is 0.872 bits per heavy atom. The van der Waals surface area contributed by atoms with E-state index in [0.29, 0.717) is 0 Å². The van der Waals surface area contributed by atoms with Crippen molar-refractivity contribution in [1.29, 1.82) is 0 Å². The first-order chi connectivity index (χ1) is 17.7. The largest absolute Gasteiger partial charge is 0.444 e. The quantitative estimate of drug-likeness (QED) is 0.325. The first-order valence-electron chi connectivity index (χ1n) is 13.9. The molecular formula is C29H51NO7Si2. The molecule has 0 radical (unpaired) electrons. The van der Waals surface area contributed by atoms with Crippen molar-refractivity contribution in [3.05, 3.63) is 35.9 Å². The van der Waals surface area contributed by atoms with Crippen LogP contribution in [0.1, 0.15) is 61.0 Å². The van der Waals surface area contributed by atoms with Gasteiger partial charge in [0.15, 0.2) is 34.9 Å². The summed E-state index contributed by atoms with van der Waals surface area (Å²) < 4.78 is 38.9. The Balaban J connectivity index is 2.08. The summed E-state index contributed by atoms with van der Waals surface area (Å²) in [7, 11) is -3.11. The van der Waals surface area contributed by atoms with Crippen LogP contribution >= 0.6 is 0 Å². The van der Waals surface area contributed by atoms with Crippen molar-refractivity contribution < 1.29 is 32.6 Å². The van der Waals surface area contributed by atoms with Crippen LogP contribution in [0.2, 0.25) is 36.3 Å². The van der Waals surface area contributed by atoms with Crippen molar-refractivity contribution in [3.8, 4) is 0 Å². The molecule has 2 saturated heterocycles. The van der Waals surface area contributed by atoms with E-state index in [0.717, 1.165) is 5.56 Å². The van der Waals surface area contributed by atoms with Gasteiger partial charge in [-0.3, -0.25) is 4.90 Å². The average Bonchev–Trinajstić information content (AvgIpc) is 3.13. The van der Waals surface area contributed by atoms with E-state index in [4.69, 9.17) is 27.8 Å². The Morgan fingerprint density at radius 3 is 1.90 bits per heavy atom. The van der Waals surface area contributed by atoms with Gasteiger partial charge in [0, 0.05) is 7.11 Å². The standard InChI is InChI=1S/C29H51NO7Si2/c1-27(2,3)38(10,11)36-23-21-22(35-29(7,8)34-21)25(37-39(12,13)28(4,5)6)30(24(23)32-9)26(31)33-19-20-17-15-14-16-18-20/h14-18,21-25H,19H2,1-13H3/t21-,22+,23+,24?,25+/m0/s1. The fourth-order valence-corrected chi connectivity index (χ4v) is 6.90. The highest BCUT2D eigenvalue weighted by Gasteiger charge is 2.63. The lowest BCUT2D eigenvalue weighted by Gasteiger charge is -2.53. The molecule has 0 bridgehead atoms. The SMILES string of the molecule is COC1[C@H](O[Si](C)(C)C(C)(C)C)[C@H]2OC(C)(C)O[C@H]2[C@@H](O[Si](C)(C)C(C)(C)C)N1C(=O)OCc1ccccc1. The van der Waals surface area contributed by atoms with Gasteiger partial charge >= 0.3 is 6.09 Å². The minimum atomic E-state index is -2.39. The molecule has 39 heavy (non-hydrogen) atoms. The van der Waals surface area contributed by atoms with Crippen molar-refractivity contribution >= 4 is 22.7 Å². The van der Waals surface area contributed by atoms with Crippen molar-refractivity contribution in [2.45, 2.75) is 135 Å². The zero-order valence-corrected chi connectivity index (χ0v) is 28.3. The third kappa shape index (κ3) is 6.97. The predicted molar refractivity (Wildman–Crippen MR) is 157 cm³/mol. The Kier molecular flexibility index (Phi) is 9.25. The second-order valence-corrected chi connectivity index (χ2v) is 23.8. The lowest BCUT2D eigenvalue weighted by molar-refractivity contribution is -0.220. The van der Waals surface area contributed by atoms with Gasteiger partial charge in [0.25, 0.3) is 0 Å². The molecule has 1 unspecified atom stereocenters. The molecule has 5 atom stereocenters. The summed E-state index contributed by atoms with van der Waals surface area (Å²) in [6, 6.07) is 9.63. The second-order valence-electron chi connectivity index (χ2n) is 14.2. The summed E-state index contributed by atoms with van der Waals surface area (Å²) >= 11 is 0. The maximum atomic E-state index is 14.0. The molecule has 10 heteroatoms. The number of piperidine rings is 1. The molecule has 1 aromatic rings. The molecule has 2 aliphatic rings. The molecular weight excluding hydrogens is 530 g/mol. The Hall–Kier alpha value is -1.28. The van der Waals surface area contributed by atoms with E-state index in [-0.39, 0.29) is 16.7 Å². The summed E-state index contributed by atoms with van der Waals surface area (Å²) in [5.41, 5.74) is 0.896. The van der Waals surface area contributed by atoms with Crippen molar-refractivity contribution in [2.24, 2.45) is 0 Å². The van der Waals surface area contributed by atoms with Gasteiger partial charge in [-0.25, -0.2) is 4.79 Å². The fourth-order valence-electron chi connectivity index (χ4n) is 4.41. The number of ether oxygens (including phenoxy) is 4. The topological polar surface area (TPSA) is 75.7 Å². The first kappa shape index (κ1) is 32.2. The van der Waals surface area contributed by atoms with E-state index >= 15 is 0 Å². The lowest BCUT2D eigenvalue weighted by atomic mass is 9.98. The van der Waals surface area contributed by atoms with E-state index in [1.165, 1.54) is 0 Å². The third-order valence-corrected chi connectivity index (χ3v) is 17.6. The molecule has 0 N–H and O–H groups in total. The highest BCUT2D eigenvalue weighted by atomic mass is 28.4. The summed E-state index contributed by atoms with van der Waals surface area (Å²) in [5.74, 6) is -0.887. The van der Waals surface area contributed by atoms with Crippen LogP contribution < -0.4 is 0 Å². The van der Waals surface area contributed by atoms with Gasteiger partial charge in [0.2, 0.25) is 0 Å². The Labute approximate surface area is 237 Å². The molecule has 1 amide bonds. The number of hydrogen-bond acceptors (Lipinski definition) is 7. The van der Waals surface area contributed by atoms with Crippen LogP contribution in [-0.2, 0) is 34.4 Å². The van der Waals surface area contributed by atoms with E-state index in [2.05, 4.69) is 67.7 Å². The van der Waals surface area contributed by atoms with Crippen LogP contribution in [0.5, 0.6) is 0 Å². The van der Waals surface area contributed by atoms with E-state index in [1.54, 1.807) is 12.0 Å². The number of fused-ring (bicyclic) bond motifs is 1. The molecule has 8 nitrogen and oxygen atoms in total. The number of rotatable bonds is 7. The van der Waals surface area contributed by atoms with Gasteiger partial charge in [-0.05, 0) is 55.7 Å². The molecule has 0 aromatic heterocycles. The summed E-state index contributed by atoms with van der Waals surface area (Å²) in [4.78, 5) is 15.5. The molecule has 2 aliphatic heterocycles. The summed E-state index contributed by atoms with van der Waals surface area (Å²) in [6.07, 6.45) is -3.77. The van der Waals surface area contributed by atoms with Crippen LogP contribution in [0.3, 0.4) is 0 Å². The second kappa shape index (κ2) is 11.2. The van der Waals surface area contributed by atoms with Gasteiger partial charge in [-0.15, -0.1) is 0 Å². The molecule has 222 valence electrons. The molecule has 3 rings (SSSR count). The van der Waals surface area contributed by atoms with Gasteiger partial charge < -0.3 is 27.8 Å². The lowest BCUT2D eigenvalue weighted by Crippen LogP contribution is -2.71. The fraction of sp³-hybridized carbons (Fsp3) is 0.759. The van der Waals surface area contributed by atoms with Crippen molar-refractivity contribution in [2.75, 3.05) is 7.11 Å². The molecule has 0 aliphatic carbocycles. The minimum Gasteiger partial charge on any atom is -0.444 e. The average molecular weight is 582 g/mol. The first-order valence-corrected chi connectivity index (χ1v) is 19.8. The van der Waals surface area contributed by atoms with Gasteiger partial charge in [0.1, 0.15) is 24.9 Å². The highest BCUT2D eigenvalue weighted by molar-refractivity contribution is 6.74. The van der Waals surface area contributed by atoms with Gasteiger partial charge in [-0.2, -0.15) is 0 Å². The number of amides is 1. The van der Waals surface area contributed by atoms with Crippen LogP contribution in [0, 0.1) is 0 Å². The van der Waals surface area contributed by atoms with Crippen molar-refractivity contribution in [3.63, 3.8) is 0 Å². The normalized spacial score (nSPS) is 27.8. The van der Waals surface area contributed by atoms with E-state index < -0.39 is 59.3 Å². The monoisotopic (exact) mass is 581 g/mol. The van der Waals surface area contributed by atoms with Gasteiger partial charge in [-0.1, -0.05) is 71.9 Å². The smallest absolute Gasteiger partial charge is 0.414 e. The Morgan fingerprint density at radius 2 is 1.38 bits per heavy atom. The number of carbonyl (C=O) groups excluding carboxylic acids is 1. The zero-order valence-electron chi connectivity index (χ0n) is 26.3. The predicted octanol–water partition coefficient (Wildman–Crippen LogP) is 6.87. The molecule has 1 aromatic carbocycles. The molecule has 2 heterocycles. The van der Waals surface area contributed by atoms with E-state index in [9.17, 15) is 4.79 Å². The Bertz CT molecular complexity index is 988. The maximum Gasteiger partial charge on any atom is 0.414 e. The zero-order chi connectivity index (χ0) is 29.6. The van der Waals surface area contributed by atoms with Crippen LogP contribution in [0.15, 0.2) is 30.3 Å².